The molecule has 0 atom stereocenters. The fraction of sp³-hybridized carbons (Fsp3) is 0.333. The summed E-state index contributed by atoms with van der Waals surface area (Å²) in [5.41, 5.74) is 0. The van der Waals surface area contributed by atoms with Crippen molar-refractivity contribution < 1.29 is 14.3 Å². The molecule has 5 heteroatoms. The van der Waals surface area contributed by atoms with E-state index in [9.17, 15) is 9.59 Å². The number of carbonyl (C=O) groups excluding carboxylic acids is 2. The molecule has 0 saturated heterocycles. The first-order valence-electron chi connectivity index (χ1n) is 5.25. The van der Waals surface area contributed by atoms with Crippen molar-refractivity contribution in [2.24, 2.45) is 0 Å². The summed E-state index contributed by atoms with van der Waals surface area (Å²) in [6.07, 6.45) is 3.18. The van der Waals surface area contributed by atoms with E-state index in [0.717, 1.165) is 4.88 Å². The van der Waals surface area contributed by atoms with E-state index < -0.39 is 5.97 Å². The molecule has 0 fully saturated rings. The standard InChI is InChI=1S/C12H15NO3S/c1-3-16-12(15)9-13(2)11(14)7-6-10-5-4-8-17-10/h4-8H,3,9H2,1-2H3. The average molecular weight is 253 g/mol. The molecular weight excluding hydrogens is 238 g/mol. The Balaban J connectivity index is 2.44. The summed E-state index contributed by atoms with van der Waals surface area (Å²) in [6.45, 7) is 2.03. The Morgan fingerprint density at radius 1 is 1.53 bits per heavy atom. The first-order valence-corrected chi connectivity index (χ1v) is 6.13. The van der Waals surface area contributed by atoms with Crippen molar-refractivity contribution in [3.8, 4) is 0 Å². The number of likely N-dealkylation sites (N-methyl/N-ethyl adjacent to an activating group) is 1. The molecule has 1 rings (SSSR count). The maximum Gasteiger partial charge on any atom is 0.325 e. The fourth-order valence-electron chi connectivity index (χ4n) is 1.14. The summed E-state index contributed by atoms with van der Waals surface area (Å²) in [5, 5.41) is 1.94. The first-order chi connectivity index (χ1) is 8.13. The molecule has 92 valence electrons. The van der Waals surface area contributed by atoms with Crippen molar-refractivity contribution >= 4 is 29.3 Å². The van der Waals surface area contributed by atoms with Gasteiger partial charge < -0.3 is 9.64 Å². The summed E-state index contributed by atoms with van der Waals surface area (Å²) >= 11 is 1.55. The van der Waals surface area contributed by atoms with Crippen LogP contribution in [-0.4, -0.2) is 37.0 Å². The van der Waals surface area contributed by atoms with Crippen molar-refractivity contribution in [3.63, 3.8) is 0 Å². The largest absolute Gasteiger partial charge is 0.465 e. The van der Waals surface area contributed by atoms with Crippen LogP contribution < -0.4 is 0 Å². The molecule has 0 aromatic carbocycles. The Hall–Kier alpha value is -1.62. The van der Waals surface area contributed by atoms with Gasteiger partial charge in [-0.2, -0.15) is 0 Å². The SMILES string of the molecule is CCOC(=O)CN(C)C(=O)C=Cc1cccs1. The van der Waals surface area contributed by atoms with E-state index in [1.54, 1.807) is 31.4 Å². The van der Waals surface area contributed by atoms with Gasteiger partial charge in [-0.1, -0.05) is 6.07 Å². The van der Waals surface area contributed by atoms with Gasteiger partial charge in [-0.3, -0.25) is 9.59 Å². The van der Waals surface area contributed by atoms with Gasteiger partial charge in [-0.05, 0) is 24.4 Å². The summed E-state index contributed by atoms with van der Waals surface area (Å²) in [7, 11) is 1.57. The van der Waals surface area contributed by atoms with Crippen LogP contribution in [0, 0.1) is 0 Å². The van der Waals surface area contributed by atoms with Crippen molar-refractivity contribution in [2.45, 2.75) is 6.92 Å². The number of rotatable bonds is 5. The van der Waals surface area contributed by atoms with Crippen LogP contribution in [0.4, 0.5) is 0 Å². The van der Waals surface area contributed by atoms with Gasteiger partial charge in [0.1, 0.15) is 6.54 Å². The zero-order valence-corrected chi connectivity index (χ0v) is 10.7. The van der Waals surface area contributed by atoms with Gasteiger partial charge in [-0.25, -0.2) is 0 Å². The van der Waals surface area contributed by atoms with Gasteiger partial charge in [0, 0.05) is 18.0 Å². The van der Waals surface area contributed by atoms with Crippen LogP contribution in [0.3, 0.4) is 0 Å². The molecule has 1 amide bonds. The number of thiophene rings is 1. The molecule has 17 heavy (non-hydrogen) atoms. The lowest BCUT2D eigenvalue weighted by atomic mass is 10.4. The normalized spacial score (nSPS) is 10.5. The highest BCUT2D eigenvalue weighted by atomic mass is 32.1. The molecule has 0 aliphatic rings. The number of hydrogen-bond donors (Lipinski definition) is 0. The topological polar surface area (TPSA) is 46.6 Å². The minimum absolute atomic E-state index is 0.0263. The van der Waals surface area contributed by atoms with Crippen molar-refractivity contribution in [1.29, 1.82) is 0 Å². The monoisotopic (exact) mass is 253 g/mol. The molecule has 1 aromatic heterocycles. The van der Waals surface area contributed by atoms with E-state index in [-0.39, 0.29) is 12.5 Å². The summed E-state index contributed by atoms with van der Waals surface area (Å²) in [5.74, 6) is -0.612. The third-order valence-corrected chi connectivity index (χ3v) is 2.82. The molecule has 0 radical (unpaired) electrons. The number of amides is 1. The van der Waals surface area contributed by atoms with Gasteiger partial charge >= 0.3 is 5.97 Å². The van der Waals surface area contributed by atoms with Gasteiger partial charge in [0.25, 0.3) is 0 Å². The lowest BCUT2D eigenvalue weighted by Crippen LogP contribution is -2.31. The Morgan fingerprint density at radius 3 is 2.88 bits per heavy atom. The molecule has 1 heterocycles. The van der Waals surface area contributed by atoms with E-state index >= 15 is 0 Å². The Kier molecular flexibility index (Phi) is 5.42. The van der Waals surface area contributed by atoms with E-state index in [4.69, 9.17) is 4.74 Å². The van der Waals surface area contributed by atoms with Crippen LogP contribution in [0.1, 0.15) is 11.8 Å². The second-order valence-electron chi connectivity index (χ2n) is 3.35. The number of nitrogens with zero attached hydrogens (tertiary/aromatic N) is 1. The minimum atomic E-state index is -0.395. The molecule has 0 bridgehead atoms. The quantitative estimate of drug-likeness (QED) is 0.593. The zero-order chi connectivity index (χ0) is 12.7. The number of hydrogen-bond acceptors (Lipinski definition) is 4. The van der Waals surface area contributed by atoms with Crippen LogP contribution in [0.5, 0.6) is 0 Å². The van der Waals surface area contributed by atoms with E-state index in [0.29, 0.717) is 6.61 Å². The smallest absolute Gasteiger partial charge is 0.325 e. The average Bonchev–Trinajstić information content (AvgIpc) is 2.78. The second-order valence-corrected chi connectivity index (χ2v) is 4.33. The third-order valence-electron chi connectivity index (χ3n) is 1.98. The highest BCUT2D eigenvalue weighted by Gasteiger charge is 2.10. The number of carbonyl (C=O) groups is 2. The maximum atomic E-state index is 11.6. The number of ether oxygens (including phenoxy) is 1. The molecular formula is C12H15NO3S. The molecule has 0 saturated carbocycles. The van der Waals surface area contributed by atoms with Gasteiger partial charge in [0.2, 0.25) is 5.91 Å². The van der Waals surface area contributed by atoms with Crippen molar-refractivity contribution in [1.82, 2.24) is 4.90 Å². The summed E-state index contributed by atoms with van der Waals surface area (Å²) in [6, 6.07) is 3.83. The lowest BCUT2D eigenvalue weighted by molar-refractivity contribution is -0.146. The van der Waals surface area contributed by atoms with Crippen LogP contribution in [0.15, 0.2) is 23.6 Å². The van der Waals surface area contributed by atoms with Crippen molar-refractivity contribution in [2.75, 3.05) is 20.2 Å². The van der Waals surface area contributed by atoms with Crippen LogP contribution in [0.2, 0.25) is 0 Å². The van der Waals surface area contributed by atoms with E-state index in [1.807, 2.05) is 17.5 Å². The van der Waals surface area contributed by atoms with Gasteiger partial charge in [-0.15, -0.1) is 11.3 Å². The second kappa shape index (κ2) is 6.85. The maximum absolute atomic E-state index is 11.6. The van der Waals surface area contributed by atoms with Crippen LogP contribution >= 0.6 is 11.3 Å². The third kappa shape index (κ3) is 4.82. The summed E-state index contributed by atoms with van der Waals surface area (Å²) in [4.78, 5) is 25.1. The van der Waals surface area contributed by atoms with Gasteiger partial charge in [0.05, 0.1) is 6.61 Å². The highest BCUT2D eigenvalue weighted by molar-refractivity contribution is 7.10. The molecule has 1 aromatic rings. The molecule has 0 aliphatic carbocycles. The highest BCUT2D eigenvalue weighted by Crippen LogP contribution is 2.10. The predicted octanol–water partition coefficient (Wildman–Crippen LogP) is 1.78. The predicted molar refractivity (Wildman–Crippen MR) is 67.6 cm³/mol. The van der Waals surface area contributed by atoms with Gasteiger partial charge in [0.15, 0.2) is 0 Å². The van der Waals surface area contributed by atoms with Crippen LogP contribution in [0.25, 0.3) is 6.08 Å². The molecule has 0 unspecified atom stereocenters. The first kappa shape index (κ1) is 13.4. The minimum Gasteiger partial charge on any atom is -0.465 e. The van der Waals surface area contributed by atoms with Crippen molar-refractivity contribution in [3.05, 3.63) is 28.5 Å². The Bertz CT molecular complexity index is 398. The summed E-state index contributed by atoms with van der Waals surface area (Å²) < 4.78 is 4.76. The molecule has 0 spiro atoms. The Labute approximate surface area is 104 Å². The molecule has 4 nitrogen and oxygen atoms in total. The molecule has 0 aliphatic heterocycles. The lowest BCUT2D eigenvalue weighted by Gasteiger charge is -2.13. The number of esters is 1. The molecule has 0 N–H and O–H groups in total. The fourth-order valence-corrected chi connectivity index (χ4v) is 1.76. The van der Waals surface area contributed by atoms with E-state index in [1.165, 1.54) is 11.0 Å². The van der Waals surface area contributed by atoms with Crippen LogP contribution in [-0.2, 0) is 14.3 Å². The Morgan fingerprint density at radius 2 is 2.29 bits per heavy atom. The van der Waals surface area contributed by atoms with E-state index in [2.05, 4.69) is 0 Å². The zero-order valence-electron chi connectivity index (χ0n) is 9.88.